The fourth-order valence-corrected chi connectivity index (χ4v) is 4.94. The molecule has 1 aromatic carbocycles. The van der Waals surface area contributed by atoms with Crippen LogP contribution in [-0.2, 0) is 21.0 Å². The average molecular weight is 411 g/mol. The van der Waals surface area contributed by atoms with E-state index in [1.807, 2.05) is 28.0 Å². The van der Waals surface area contributed by atoms with Gasteiger partial charge in [-0.15, -0.1) is 0 Å². The minimum atomic E-state index is -0.664. The quantitative estimate of drug-likeness (QED) is 0.805. The summed E-state index contributed by atoms with van der Waals surface area (Å²) in [6.45, 7) is 3.54. The van der Waals surface area contributed by atoms with Gasteiger partial charge in [0.25, 0.3) is 5.91 Å². The van der Waals surface area contributed by atoms with Gasteiger partial charge in [0.05, 0.1) is 12.6 Å². The van der Waals surface area contributed by atoms with Crippen molar-refractivity contribution in [2.45, 2.75) is 56.7 Å². The fourth-order valence-electron chi connectivity index (χ4n) is 4.94. The molecule has 0 unspecified atom stereocenters. The van der Waals surface area contributed by atoms with Crippen molar-refractivity contribution in [1.29, 1.82) is 0 Å². The van der Waals surface area contributed by atoms with Gasteiger partial charge in [0.2, 0.25) is 5.91 Å². The number of nitrogens with zero attached hydrogens (tertiary/aromatic N) is 3. The third-order valence-corrected chi connectivity index (χ3v) is 6.86. The molecule has 1 saturated carbocycles. The fraction of sp³-hybridized carbons (Fsp3) is 0.609. The van der Waals surface area contributed by atoms with Gasteiger partial charge in [-0.3, -0.25) is 9.59 Å². The first kappa shape index (κ1) is 19.5. The Morgan fingerprint density at radius 2 is 1.83 bits per heavy atom. The molecule has 1 aromatic rings. The first-order valence-corrected chi connectivity index (χ1v) is 11.2. The van der Waals surface area contributed by atoms with Crippen LogP contribution in [0.2, 0.25) is 0 Å². The summed E-state index contributed by atoms with van der Waals surface area (Å²) in [4.78, 5) is 35.5. The van der Waals surface area contributed by atoms with Gasteiger partial charge in [-0.1, -0.05) is 35.5 Å². The molecule has 3 heterocycles. The zero-order chi connectivity index (χ0) is 20.6. The summed E-state index contributed by atoms with van der Waals surface area (Å²) in [5.41, 5.74) is 1.04. The number of carbonyl (C=O) groups is 2. The van der Waals surface area contributed by atoms with Crippen LogP contribution in [0.4, 0.5) is 0 Å². The number of likely N-dealkylation sites (tertiary alicyclic amines) is 2. The monoisotopic (exact) mass is 410 g/mol. The first-order chi connectivity index (χ1) is 14.6. The van der Waals surface area contributed by atoms with E-state index in [4.69, 9.17) is 4.84 Å². The predicted molar refractivity (Wildman–Crippen MR) is 113 cm³/mol. The van der Waals surface area contributed by atoms with Crippen LogP contribution in [0.3, 0.4) is 0 Å². The van der Waals surface area contributed by atoms with Crippen molar-refractivity contribution in [3.05, 3.63) is 35.9 Å². The maximum absolute atomic E-state index is 12.9. The van der Waals surface area contributed by atoms with Gasteiger partial charge in [-0.2, -0.15) is 0 Å². The summed E-state index contributed by atoms with van der Waals surface area (Å²) < 4.78 is 0. The number of hydrogen-bond donors (Lipinski definition) is 1. The van der Waals surface area contributed by atoms with Gasteiger partial charge >= 0.3 is 0 Å². The first-order valence-electron chi connectivity index (χ1n) is 11.2. The molecule has 1 N–H and O–H groups in total. The number of rotatable bonds is 5. The van der Waals surface area contributed by atoms with E-state index in [-0.39, 0.29) is 23.8 Å². The summed E-state index contributed by atoms with van der Waals surface area (Å²) in [7, 11) is 0. The molecule has 3 aliphatic heterocycles. The Morgan fingerprint density at radius 3 is 2.57 bits per heavy atom. The number of piperidine rings is 1. The van der Waals surface area contributed by atoms with Crippen LogP contribution >= 0.6 is 0 Å². The lowest BCUT2D eigenvalue weighted by Crippen LogP contribution is -2.63. The van der Waals surface area contributed by atoms with Gasteiger partial charge in [0, 0.05) is 38.5 Å². The SMILES string of the molecule is O=C(C1=NO[C@@]2(C1)CN(C(=O)C1CC1)CC[C@H]2NCc1ccccc1)N1CCCC1. The Labute approximate surface area is 177 Å². The summed E-state index contributed by atoms with van der Waals surface area (Å²) in [6.07, 6.45) is 5.35. The molecule has 30 heavy (non-hydrogen) atoms. The molecular formula is C23H30N4O3. The third kappa shape index (κ3) is 3.83. The minimum absolute atomic E-state index is 0.00294. The zero-order valence-electron chi connectivity index (χ0n) is 17.4. The Kier molecular flexibility index (Phi) is 5.23. The lowest BCUT2D eigenvalue weighted by molar-refractivity contribution is -0.145. The van der Waals surface area contributed by atoms with Crippen LogP contribution in [0, 0.1) is 5.92 Å². The molecule has 1 aliphatic carbocycles. The molecule has 4 aliphatic rings. The van der Waals surface area contributed by atoms with Gasteiger partial charge in [0.15, 0.2) is 5.60 Å². The Morgan fingerprint density at radius 1 is 1.07 bits per heavy atom. The van der Waals surface area contributed by atoms with E-state index in [1.165, 1.54) is 5.56 Å². The van der Waals surface area contributed by atoms with Crippen molar-refractivity contribution in [1.82, 2.24) is 15.1 Å². The van der Waals surface area contributed by atoms with Crippen molar-refractivity contribution < 1.29 is 14.4 Å². The maximum Gasteiger partial charge on any atom is 0.271 e. The highest BCUT2D eigenvalue weighted by Gasteiger charge is 2.53. The second-order valence-electron chi connectivity index (χ2n) is 9.11. The van der Waals surface area contributed by atoms with E-state index in [2.05, 4.69) is 22.6 Å². The molecule has 3 fully saturated rings. The molecule has 1 spiro atoms. The van der Waals surface area contributed by atoms with Crippen LogP contribution < -0.4 is 5.32 Å². The van der Waals surface area contributed by atoms with Gasteiger partial charge in [-0.05, 0) is 37.7 Å². The molecule has 0 radical (unpaired) electrons. The van der Waals surface area contributed by atoms with Crippen LogP contribution in [0.25, 0.3) is 0 Å². The van der Waals surface area contributed by atoms with E-state index in [1.54, 1.807) is 0 Å². The van der Waals surface area contributed by atoms with E-state index in [0.29, 0.717) is 18.7 Å². The minimum Gasteiger partial charge on any atom is -0.385 e. The van der Waals surface area contributed by atoms with E-state index in [0.717, 1.165) is 58.3 Å². The van der Waals surface area contributed by atoms with Crippen LogP contribution in [0.15, 0.2) is 35.5 Å². The lowest BCUT2D eigenvalue weighted by atomic mass is 9.82. The number of oxime groups is 1. The molecule has 0 aromatic heterocycles. The van der Waals surface area contributed by atoms with E-state index in [9.17, 15) is 9.59 Å². The highest BCUT2D eigenvalue weighted by molar-refractivity contribution is 6.39. The lowest BCUT2D eigenvalue weighted by Gasteiger charge is -2.44. The van der Waals surface area contributed by atoms with Gasteiger partial charge in [-0.25, -0.2) is 0 Å². The largest absolute Gasteiger partial charge is 0.385 e. The molecule has 5 rings (SSSR count). The topological polar surface area (TPSA) is 74.2 Å². The summed E-state index contributed by atoms with van der Waals surface area (Å²) in [5, 5.41) is 7.91. The zero-order valence-corrected chi connectivity index (χ0v) is 17.4. The normalized spacial score (nSPS) is 28.5. The number of carbonyl (C=O) groups excluding carboxylic acids is 2. The van der Waals surface area contributed by atoms with E-state index < -0.39 is 5.60 Å². The van der Waals surface area contributed by atoms with Crippen LogP contribution in [-0.4, -0.2) is 65.1 Å². The second-order valence-corrected chi connectivity index (χ2v) is 9.11. The number of benzene rings is 1. The average Bonchev–Trinajstić information content (AvgIpc) is 3.31. The number of hydrogen-bond acceptors (Lipinski definition) is 5. The highest BCUT2D eigenvalue weighted by atomic mass is 16.7. The van der Waals surface area contributed by atoms with Crippen molar-refractivity contribution >= 4 is 17.5 Å². The van der Waals surface area contributed by atoms with Crippen LogP contribution in [0.1, 0.15) is 44.1 Å². The van der Waals surface area contributed by atoms with Crippen molar-refractivity contribution in [3.8, 4) is 0 Å². The number of amides is 2. The smallest absolute Gasteiger partial charge is 0.271 e. The molecular weight excluding hydrogens is 380 g/mol. The highest BCUT2D eigenvalue weighted by Crippen LogP contribution is 2.38. The Hall–Kier alpha value is -2.41. The molecule has 7 nitrogen and oxygen atoms in total. The van der Waals surface area contributed by atoms with Gasteiger partial charge in [0.1, 0.15) is 5.71 Å². The summed E-state index contributed by atoms with van der Waals surface area (Å²) in [6, 6.07) is 10.3. The van der Waals surface area contributed by atoms with Crippen molar-refractivity contribution in [3.63, 3.8) is 0 Å². The van der Waals surface area contributed by atoms with Gasteiger partial charge < -0.3 is 20.0 Å². The maximum atomic E-state index is 12.9. The second kappa shape index (κ2) is 8.02. The summed E-state index contributed by atoms with van der Waals surface area (Å²) in [5.74, 6) is 0.416. The van der Waals surface area contributed by atoms with E-state index >= 15 is 0 Å². The molecule has 2 amide bonds. The standard InChI is InChI=1S/C23H30N4O3/c28-21(18-8-9-18)27-13-10-20(24-15-17-6-2-1-3-7-17)23(16-27)14-19(25-30-23)22(29)26-11-4-5-12-26/h1-3,6-7,18,20,24H,4-5,8-16H2/t20-,23+/m1/s1. The Bertz CT molecular complexity index is 832. The summed E-state index contributed by atoms with van der Waals surface area (Å²) >= 11 is 0. The molecule has 160 valence electrons. The third-order valence-electron chi connectivity index (χ3n) is 6.86. The molecule has 2 atom stereocenters. The Balaban J connectivity index is 1.31. The van der Waals surface area contributed by atoms with Crippen LogP contribution in [0.5, 0.6) is 0 Å². The van der Waals surface area contributed by atoms with Crippen molar-refractivity contribution in [2.24, 2.45) is 11.1 Å². The molecule has 2 saturated heterocycles. The van der Waals surface area contributed by atoms with Crippen molar-refractivity contribution in [2.75, 3.05) is 26.2 Å². The molecule has 7 heteroatoms. The molecule has 0 bridgehead atoms. The number of nitrogens with one attached hydrogen (secondary N) is 1. The predicted octanol–water partition coefficient (Wildman–Crippen LogP) is 1.92.